The molecule has 0 aliphatic heterocycles. The Morgan fingerprint density at radius 1 is 1.19 bits per heavy atom. The number of anilines is 1. The zero-order valence-electron chi connectivity index (χ0n) is 12.3. The van der Waals surface area contributed by atoms with Gasteiger partial charge in [-0.15, -0.1) is 4.99 Å². The van der Waals surface area contributed by atoms with Crippen molar-refractivity contribution in [2.24, 2.45) is 4.99 Å². The van der Waals surface area contributed by atoms with Crippen LogP contribution in [0.15, 0.2) is 29.3 Å². The molecule has 0 bridgehead atoms. The van der Waals surface area contributed by atoms with Gasteiger partial charge in [-0.05, 0) is 24.3 Å². The van der Waals surface area contributed by atoms with Crippen LogP contribution in [0.5, 0.6) is 0 Å². The van der Waals surface area contributed by atoms with Gasteiger partial charge in [-0.3, -0.25) is 4.90 Å². The lowest BCUT2D eigenvalue weighted by atomic mass is 10.3. The fourth-order valence-corrected chi connectivity index (χ4v) is 1.56. The van der Waals surface area contributed by atoms with Crippen molar-refractivity contribution in [3.63, 3.8) is 0 Å². The molecule has 0 saturated carbocycles. The predicted octanol–water partition coefficient (Wildman–Crippen LogP) is 2.49. The number of urea groups is 1. The van der Waals surface area contributed by atoms with Crippen LogP contribution in [0.4, 0.5) is 15.3 Å². The maximum Gasteiger partial charge on any atom is 0.436 e. The Hall–Kier alpha value is -2.28. The van der Waals surface area contributed by atoms with Gasteiger partial charge in [0.2, 0.25) is 5.96 Å². The molecular weight excluding hydrogens is 296 g/mol. The Balaban J connectivity index is 2.86. The van der Waals surface area contributed by atoms with Crippen molar-refractivity contribution in [2.45, 2.75) is 0 Å². The number of hydrogen-bond donors (Lipinski definition) is 1. The fraction of sp³-hybridized carbons (Fsp3) is 0.308. The highest BCUT2D eigenvalue weighted by Gasteiger charge is 2.18. The van der Waals surface area contributed by atoms with E-state index in [1.807, 2.05) is 0 Å². The van der Waals surface area contributed by atoms with E-state index in [0.29, 0.717) is 10.7 Å². The van der Waals surface area contributed by atoms with Crippen LogP contribution in [0, 0.1) is 0 Å². The number of nitrogens with zero attached hydrogens (tertiary/aromatic N) is 3. The molecule has 0 saturated heterocycles. The van der Waals surface area contributed by atoms with E-state index in [1.165, 1.54) is 24.0 Å². The molecule has 0 aliphatic rings. The number of hydrogen-bond acceptors (Lipinski definition) is 3. The van der Waals surface area contributed by atoms with Crippen LogP contribution in [0.25, 0.3) is 0 Å². The van der Waals surface area contributed by atoms with E-state index in [-0.39, 0.29) is 5.96 Å². The van der Waals surface area contributed by atoms with Gasteiger partial charge < -0.3 is 15.0 Å². The summed E-state index contributed by atoms with van der Waals surface area (Å²) in [5.74, 6) is 0.147. The Kier molecular flexibility index (Phi) is 5.98. The van der Waals surface area contributed by atoms with Crippen LogP contribution in [-0.4, -0.2) is 56.1 Å². The number of rotatable bonds is 1. The molecule has 0 unspecified atom stereocenters. The summed E-state index contributed by atoms with van der Waals surface area (Å²) in [5.41, 5.74) is 0.576. The molecule has 0 spiro atoms. The minimum absolute atomic E-state index is 0.147. The van der Waals surface area contributed by atoms with Gasteiger partial charge in [0, 0.05) is 31.9 Å². The zero-order valence-corrected chi connectivity index (χ0v) is 13.0. The Bertz CT molecular complexity index is 543. The van der Waals surface area contributed by atoms with E-state index in [4.69, 9.17) is 11.6 Å². The normalized spacial score (nSPS) is 10.8. The van der Waals surface area contributed by atoms with Gasteiger partial charge in [0.05, 0.1) is 7.11 Å². The third kappa shape index (κ3) is 4.96. The van der Waals surface area contributed by atoms with Crippen molar-refractivity contribution in [1.29, 1.82) is 0 Å². The quantitative estimate of drug-likeness (QED) is 0.638. The molecule has 0 aliphatic carbocycles. The molecule has 0 atom stereocenters. The first-order valence-corrected chi connectivity index (χ1v) is 6.37. The lowest BCUT2D eigenvalue weighted by Gasteiger charge is -2.24. The molecular formula is C13H17ClN4O3. The molecule has 21 heavy (non-hydrogen) atoms. The lowest BCUT2D eigenvalue weighted by molar-refractivity contribution is 0.181. The monoisotopic (exact) mass is 312 g/mol. The second-order valence-electron chi connectivity index (χ2n) is 4.27. The largest absolute Gasteiger partial charge is 0.451 e. The summed E-state index contributed by atoms with van der Waals surface area (Å²) in [6.07, 6.45) is -0.787. The molecule has 1 aromatic carbocycles. The van der Waals surface area contributed by atoms with Gasteiger partial charge in [0.15, 0.2) is 0 Å². The number of ether oxygens (including phenoxy) is 1. The van der Waals surface area contributed by atoms with Crippen LogP contribution in [0.3, 0.4) is 0 Å². The summed E-state index contributed by atoms with van der Waals surface area (Å²) in [7, 11) is 6.03. The maximum atomic E-state index is 12.1. The number of aliphatic imine (C=N–C) groups is 1. The maximum absolute atomic E-state index is 12.1. The summed E-state index contributed by atoms with van der Waals surface area (Å²) in [4.78, 5) is 29.8. The van der Waals surface area contributed by atoms with Crippen molar-refractivity contribution in [3.8, 4) is 0 Å². The van der Waals surface area contributed by atoms with E-state index in [9.17, 15) is 9.59 Å². The molecule has 0 fully saturated rings. The average Bonchev–Trinajstić information content (AvgIpc) is 2.45. The highest BCUT2D eigenvalue weighted by Crippen LogP contribution is 2.13. The van der Waals surface area contributed by atoms with Crippen molar-refractivity contribution >= 4 is 35.4 Å². The SMILES string of the molecule is COC(=O)/N=C(/N(C)C)N(C)C(=O)Nc1ccc(Cl)cc1. The minimum Gasteiger partial charge on any atom is -0.451 e. The van der Waals surface area contributed by atoms with E-state index < -0.39 is 12.1 Å². The van der Waals surface area contributed by atoms with Crippen LogP contribution in [0.1, 0.15) is 0 Å². The topological polar surface area (TPSA) is 74.2 Å². The lowest BCUT2D eigenvalue weighted by Crippen LogP contribution is -2.44. The number of methoxy groups -OCH3 is 1. The number of amides is 3. The standard InChI is InChI=1S/C13H17ClN4O3/c1-17(2)11(16-13(20)21-4)18(3)12(19)15-10-7-5-9(14)6-8-10/h5-8H,1-4H3,(H,15,19)/b16-11-. The molecule has 7 nitrogen and oxygen atoms in total. The molecule has 0 aromatic heterocycles. The van der Waals surface area contributed by atoms with Gasteiger partial charge in [-0.1, -0.05) is 11.6 Å². The van der Waals surface area contributed by atoms with E-state index >= 15 is 0 Å². The third-order valence-corrected chi connectivity index (χ3v) is 2.72. The van der Waals surface area contributed by atoms with E-state index in [0.717, 1.165) is 0 Å². The van der Waals surface area contributed by atoms with Crippen LogP contribution < -0.4 is 5.32 Å². The number of guanidine groups is 1. The molecule has 0 radical (unpaired) electrons. The first-order valence-electron chi connectivity index (χ1n) is 5.99. The van der Waals surface area contributed by atoms with Crippen molar-refractivity contribution in [2.75, 3.05) is 33.6 Å². The van der Waals surface area contributed by atoms with E-state index in [2.05, 4.69) is 15.0 Å². The average molecular weight is 313 g/mol. The molecule has 1 N–H and O–H groups in total. The predicted molar refractivity (Wildman–Crippen MR) is 81.8 cm³/mol. The van der Waals surface area contributed by atoms with Gasteiger partial charge in [0.25, 0.3) is 0 Å². The molecule has 3 amide bonds. The van der Waals surface area contributed by atoms with Crippen LogP contribution in [0.2, 0.25) is 5.02 Å². The summed E-state index contributed by atoms with van der Waals surface area (Å²) < 4.78 is 4.47. The highest BCUT2D eigenvalue weighted by atomic mass is 35.5. The molecule has 1 aromatic rings. The Labute approximate surface area is 128 Å². The number of nitrogens with one attached hydrogen (secondary N) is 1. The minimum atomic E-state index is -0.787. The van der Waals surface area contributed by atoms with E-state index in [1.54, 1.807) is 38.4 Å². The third-order valence-electron chi connectivity index (χ3n) is 2.47. The summed E-state index contributed by atoms with van der Waals surface area (Å²) in [6.45, 7) is 0. The first kappa shape index (κ1) is 16.8. The van der Waals surface area contributed by atoms with Crippen LogP contribution >= 0.6 is 11.6 Å². The summed E-state index contributed by atoms with van der Waals surface area (Å²) in [5, 5.41) is 3.24. The van der Waals surface area contributed by atoms with Crippen molar-refractivity contribution < 1.29 is 14.3 Å². The zero-order chi connectivity index (χ0) is 16.0. The Morgan fingerprint density at radius 2 is 1.76 bits per heavy atom. The second kappa shape index (κ2) is 7.49. The number of carbonyl (C=O) groups is 2. The summed E-state index contributed by atoms with van der Waals surface area (Å²) >= 11 is 5.78. The molecule has 114 valence electrons. The number of halogens is 1. The second-order valence-corrected chi connectivity index (χ2v) is 4.71. The molecule has 8 heteroatoms. The first-order chi connectivity index (χ1) is 9.85. The van der Waals surface area contributed by atoms with Crippen LogP contribution in [-0.2, 0) is 4.74 Å². The van der Waals surface area contributed by atoms with Gasteiger partial charge in [0.1, 0.15) is 0 Å². The van der Waals surface area contributed by atoms with Gasteiger partial charge in [-0.25, -0.2) is 9.59 Å². The van der Waals surface area contributed by atoms with Gasteiger partial charge >= 0.3 is 12.1 Å². The smallest absolute Gasteiger partial charge is 0.436 e. The molecule has 0 heterocycles. The Morgan fingerprint density at radius 3 is 2.24 bits per heavy atom. The summed E-state index contributed by atoms with van der Waals surface area (Å²) in [6, 6.07) is 6.20. The van der Waals surface area contributed by atoms with Gasteiger partial charge in [-0.2, -0.15) is 0 Å². The number of benzene rings is 1. The highest BCUT2D eigenvalue weighted by molar-refractivity contribution is 6.30. The van der Waals surface area contributed by atoms with Crippen molar-refractivity contribution in [1.82, 2.24) is 9.80 Å². The fourth-order valence-electron chi connectivity index (χ4n) is 1.43. The molecule has 1 rings (SSSR count). The van der Waals surface area contributed by atoms with Crippen molar-refractivity contribution in [3.05, 3.63) is 29.3 Å². The number of carbonyl (C=O) groups excluding carboxylic acids is 2.